The van der Waals surface area contributed by atoms with Crippen LogP contribution in [0.1, 0.15) is 75.2 Å². The molecule has 0 atom stereocenters. The summed E-state index contributed by atoms with van der Waals surface area (Å²) in [4.78, 5) is 30.7. The molecular weight excluding hydrogens is 432 g/mol. The van der Waals surface area contributed by atoms with Crippen LogP contribution in [0.2, 0.25) is 0 Å². The molecule has 194 valence electrons. The van der Waals surface area contributed by atoms with Gasteiger partial charge in [-0.25, -0.2) is 0 Å². The van der Waals surface area contributed by atoms with Gasteiger partial charge in [-0.1, -0.05) is 0 Å². The summed E-state index contributed by atoms with van der Waals surface area (Å²) in [6, 6.07) is 0. The Bertz CT molecular complexity index is 285. The van der Waals surface area contributed by atoms with Crippen LogP contribution in [0.15, 0.2) is 0 Å². The first-order valence-corrected chi connectivity index (χ1v) is 15.4. The Morgan fingerprint density at radius 1 is 0.548 bits per heavy atom. The van der Waals surface area contributed by atoms with Gasteiger partial charge in [0.1, 0.15) is 0 Å². The Morgan fingerprint density at radius 3 is 0.742 bits per heavy atom. The van der Waals surface area contributed by atoms with Crippen LogP contribution in [-0.4, -0.2) is 71.2 Å². The molecule has 0 aliphatic carbocycles. The molecule has 1 heterocycles. The molecule has 0 aromatic carbocycles. The fourth-order valence-corrected chi connectivity index (χ4v) is 4.12. The lowest BCUT2D eigenvalue weighted by atomic mass is 10.4. The third-order valence-electron chi connectivity index (χ3n) is 5.46. The van der Waals surface area contributed by atoms with Gasteiger partial charge in [-0.15, -0.1) is 8.58 Å². The highest BCUT2D eigenvalue weighted by molar-refractivity contribution is 7.40. The molecule has 0 aromatic heterocycles. The lowest BCUT2D eigenvalue weighted by Crippen LogP contribution is -3.11. The zero-order valence-corrected chi connectivity index (χ0v) is 24.2. The summed E-state index contributed by atoms with van der Waals surface area (Å²) in [6.45, 7) is 31.5. The van der Waals surface area contributed by atoms with Gasteiger partial charge < -0.3 is 33.9 Å². The van der Waals surface area contributed by atoms with Crippen LogP contribution in [0, 0.1) is 0 Å². The van der Waals surface area contributed by atoms with Crippen molar-refractivity contribution in [2.45, 2.75) is 75.2 Å². The van der Waals surface area contributed by atoms with Crippen molar-refractivity contribution in [3.63, 3.8) is 0 Å². The van der Waals surface area contributed by atoms with Gasteiger partial charge in [0.05, 0.1) is 58.9 Å². The lowest BCUT2D eigenvalue weighted by Gasteiger charge is -2.36. The minimum absolute atomic E-state index is 1.27. The summed E-state index contributed by atoms with van der Waals surface area (Å²) in [5.41, 5.74) is 0. The van der Waals surface area contributed by atoms with Crippen LogP contribution in [0.5, 0.6) is 0 Å². The smallest absolute Gasteiger partial charge is 0.0742 e. The van der Waals surface area contributed by atoms with Gasteiger partial charge >= 0.3 is 0 Å². The van der Waals surface area contributed by atoms with Gasteiger partial charge in [-0.2, -0.15) is 7.82 Å². The highest BCUT2D eigenvalue weighted by atomic mass is 31.2. The molecule has 7 nitrogen and oxygen atoms in total. The Kier molecular flexibility index (Phi) is 37.9. The van der Waals surface area contributed by atoms with Crippen molar-refractivity contribution in [2.75, 3.05) is 71.2 Å². The summed E-state index contributed by atoms with van der Waals surface area (Å²) in [5, 5.41) is 0. The Balaban J connectivity index is -0.000000148. The van der Waals surface area contributed by atoms with E-state index < -0.39 is 7.82 Å². The standard InChI is InChI=1S/3C6H15N.C4H9P.H3O4P/c3*1-4-7(5-2)6-3;1-2-4-5-3-1;1-5(2,3)4/h3*4-6H2,1-3H3;5H,1-4H2;(H3,1,2,3,4). The normalized spacial score (nSPS) is 12.7. The average Bonchev–Trinajstić information content (AvgIpc) is 3.32. The van der Waals surface area contributed by atoms with Crippen molar-refractivity contribution in [2.24, 2.45) is 0 Å². The molecule has 0 saturated carbocycles. The predicted molar refractivity (Wildman–Crippen MR) is 133 cm³/mol. The van der Waals surface area contributed by atoms with E-state index in [-0.39, 0.29) is 0 Å². The molecule has 3 N–H and O–H groups in total. The predicted octanol–water partition coefficient (Wildman–Crippen LogP) is -1.57. The summed E-state index contributed by atoms with van der Waals surface area (Å²) in [7, 11) is -4.08. The van der Waals surface area contributed by atoms with Crippen LogP contribution in [0.25, 0.3) is 0 Å². The van der Waals surface area contributed by atoms with E-state index in [0.717, 1.165) is 0 Å². The van der Waals surface area contributed by atoms with E-state index in [0.29, 0.717) is 0 Å². The van der Waals surface area contributed by atoms with E-state index in [4.69, 9.17) is 19.2 Å². The van der Waals surface area contributed by atoms with Gasteiger partial charge in [0.2, 0.25) is 0 Å². The molecule has 9 heteroatoms. The molecule has 1 rings (SSSR count). The molecule has 0 unspecified atom stereocenters. The third kappa shape index (κ3) is 44.8. The second-order valence-electron chi connectivity index (χ2n) is 7.34. The Hall–Kier alpha value is 0.420. The fourth-order valence-electron chi connectivity index (χ4n) is 2.87. The summed E-state index contributed by atoms with van der Waals surface area (Å²) in [5.74, 6) is 0. The monoisotopic (exact) mass is 489 g/mol. The van der Waals surface area contributed by atoms with E-state index >= 15 is 0 Å². The van der Waals surface area contributed by atoms with E-state index in [2.05, 4.69) is 62.3 Å². The first-order chi connectivity index (χ1) is 14.5. The molecule has 0 spiro atoms. The minimum atomic E-state index is -5.39. The molecule has 0 bridgehead atoms. The van der Waals surface area contributed by atoms with E-state index in [9.17, 15) is 0 Å². The zero-order valence-electron chi connectivity index (χ0n) is 22.3. The highest BCUT2D eigenvalue weighted by Crippen LogP contribution is 2.21. The number of nitrogens with one attached hydrogen (secondary N) is 3. The van der Waals surface area contributed by atoms with Crippen LogP contribution < -0.4 is 29.4 Å². The van der Waals surface area contributed by atoms with Gasteiger partial charge in [0, 0.05) is 0 Å². The maximum absolute atomic E-state index is 8.55. The summed E-state index contributed by atoms with van der Waals surface area (Å²) < 4.78 is 8.55. The fraction of sp³-hybridized carbons (Fsp3) is 1.00. The van der Waals surface area contributed by atoms with Crippen LogP contribution in [0.3, 0.4) is 0 Å². The maximum Gasteiger partial charge on any atom is 0.0742 e. The number of quaternary nitrogens is 3. The van der Waals surface area contributed by atoms with Gasteiger partial charge in [-0.05, 0) is 87.5 Å². The Labute approximate surface area is 197 Å². The van der Waals surface area contributed by atoms with Crippen molar-refractivity contribution >= 4 is 16.4 Å². The summed E-state index contributed by atoms with van der Waals surface area (Å²) in [6.07, 6.45) is 6.08. The van der Waals surface area contributed by atoms with Gasteiger partial charge in [-0.3, -0.25) is 0 Å². The SMILES string of the molecule is C1CCPC1.CC[NH+](CC)CC.CC[NH+](CC)CC.CC[NH+](CC)CC.O=P([O-])([O-])[O-]. The van der Waals surface area contributed by atoms with Crippen LogP contribution >= 0.6 is 16.4 Å². The van der Waals surface area contributed by atoms with E-state index in [1.807, 2.05) is 0 Å². The number of hydrogen-bond acceptors (Lipinski definition) is 4. The van der Waals surface area contributed by atoms with Gasteiger partial charge in [0.15, 0.2) is 0 Å². The first kappa shape index (κ1) is 38.7. The van der Waals surface area contributed by atoms with E-state index in [1.165, 1.54) is 92.6 Å². The molecule has 1 aliphatic rings. The third-order valence-corrected chi connectivity index (χ3v) is 6.87. The summed E-state index contributed by atoms with van der Waals surface area (Å²) >= 11 is 0. The Morgan fingerprint density at radius 2 is 0.710 bits per heavy atom. The van der Waals surface area contributed by atoms with Crippen molar-refractivity contribution in [1.82, 2.24) is 0 Å². The van der Waals surface area contributed by atoms with Crippen molar-refractivity contribution in [3.05, 3.63) is 0 Å². The van der Waals surface area contributed by atoms with Crippen molar-refractivity contribution in [3.8, 4) is 0 Å². The van der Waals surface area contributed by atoms with Crippen molar-refractivity contribution in [1.29, 1.82) is 0 Å². The highest BCUT2D eigenvalue weighted by Gasteiger charge is 1.95. The zero-order chi connectivity index (χ0) is 25.1. The van der Waals surface area contributed by atoms with Gasteiger partial charge in [0.25, 0.3) is 0 Å². The average molecular weight is 490 g/mol. The molecule has 31 heavy (non-hydrogen) atoms. The van der Waals surface area contributed by atoms with Crippen LogP contribution in [-0.2, 0) is 4.57 Å². The van der Waals surface area contributed by atoms with E-state index in [1.54, 1.807) is 14.7 Å². The molecule has 1 aliphatic heterocycles. The maximum atomic E-state index is 8.55. The molecule has 0 radical (unpaired) electrons. The number of phosphoric acid groups is 1. The second kappa shape index (κ2) is 30.4. The van der Waals surface area contributed by atoms with Crippen LogP contribution in [0.4, 0.5) is 0 Å². The first-order valence-electron chi connectivity index (χ1n) is 12.5. The van der Waals surface area contributed by atoms with Crippen molar-refractivity contribution < 1.29 is 33.9 Å². The lowest BCUT2D eigenvalue weighted by molar-refractivity contribution is -0.894. The molecule has 0 aromatic rings. The largest absolute Gasteiger partial charge is 0.822 e. The number of rotatable bonds is 9. The number of hydrogen-bond donors (Lipinski definition) is 3. The molecule has 1 saturated heterocycles. The molecule has 1 fully saturated rings. The second-order valence-corrected chi connectivity index (χ2v) is 9.73. The minimum Gasteiger partial charge on any atom is -0.822 e. The quantitative estimate of drug-likeness (QED) is 0.341. The molecular formula is C22H57N3O4P2. The topological polar surface area (TPSA) is 99.6 Å². The molecule has 0 amide bonds.